The van der Waals surface area contributed by atoms with Gasteiger partial charge in [0, 0.05) is 11.3 Å². The van der Waals surface area contributed by atoms with Crippen molar-refractivity contribution >= 4 is 33.7 Å². The monoisotopic (exact) mass is 386 g/mol. The average molecular weight is 387 g/mol. The predicted octanol–water partition coefficient (Wildman–Crippen LogP) is 3.94. The van der Waals surface area contributed by atoms with Gasteiger partial charge in [0.05, 0.1) is 12.1 Å². The lowest BCUT2D eigenvalue weighted by Gasteiger charge is -2.03. The Morgan fingerprint density at radius 3 is 2.85 bits per heavy atom. The minimum absolute atomic E-state index is 0.125. The normalized spacial score (nSPS) is 13.6. The van der Waals surface area contributed by atoms with Crippen molar-refractivity contribution in [2.75, 3.05) is 5.32 Å². The Morgan fingerprint density at radius 2 is 2.08 bits per heavy atom. The number of aromatic nitrogens is 3. The van der Waals surface area contributed by atoms with Gasteiger partial charge in [-0.25, -0.2) is 4.98 Å². The highest BCUT2D eigenvalue weighted by Gasteiger charge is 2.27. The van der Waals surface area contributed by atoms with Crippen LogP contribution in [-0.4, -0.2) is 21.1 Å². The topological polar surface area (TPSA) is 77.0 Å². The SMILES string of the molecule is Cc1ccc(OCc2nc(CC(=O)Nc3nnc(C4CC4)s3)cs2)cc1. The van der Waals surface area contributed by atoms with Crippen LogP contribution in [0.25, 0.3) is 0 Å². The Hall–Kier alpha value is -2.32. The highest BCUT2D eigenvalue weighted by atomic mass is 32.1. The summed E-state index contributed by atoms with van der Waals surface area (Å²) in [7, 11) is 0. The standard InChI is InChI=1S/C18H18N4O2S2/c1-11-2-6-14(7-3-11)24-9-16-19-13(10-25-16)8-15(23)20-18-22-21-17(26-18)12-4-5-12/h2-3,6-7,10,12H,4-5,8-9H2,1H3,(H,20,22,23). The zero-order chi connectivity index (χ0) is 17.9. The zero-order valence-corrected chi connectivity index (χ0v) is 15.9. The van der Waals surface area contributed by atoms with Gasteiger partial charge in [-0.05, 0) is 31.9 Å². The Kier molecular flexibility index (Phi) is 4.94. The first-order chi connectivity index (χ1) is 12.7. The number of anilines is 1. The van der Waals surface area contributed by atoms with Crippen molar-refractivity contribution < 1.29 is 9.53 Å². The summed E-state index contributed by atoms with van der Waals surface area (Å²) in [5, 5.41) is 15.3. The van der Waals surface area contributed by atoms with Crippen LogP contribution in [0.2, 0.25) is 0 Å². The second kappa shape index (κ2) is 7.51. The number of thiazole rings is 1. The number of carbonyl (C=O) groups excluding carboxylic acids is 1. The summed E-state index contributed by atoms with van der Waals surface area (Å²) in [6, 6.07) is 7.90. The predicted molar refractivity (Wildman–Crippen MR) is 102 cm³/mol. The van der Waals surface area contributed by atoms with E-state index in [4.69, 9.17) is 4.74 Å². The molecule has 6 nitrogen and oxygen atoms in total. The molecule has 0 bridgehead atoms. The summed E-state index contributed by atoms with van der Waals surface area (Å²) in [5.74, 6) is 1.24. The van der Waals surface area contributed by atoms with Crippen LogP contribution in [0.3, 0.4) is 0 Å². The Bertz CT molecular complexity index is 900. The molecule has 8 heteroatoms. The summed E-state index contributed by atoms with van der Waals surface area (Å²) in [6.07, 6.45) is 2.57. The number of benzene rings is 1. The van der Waals surface area contributed by atoms with Gasteiger partial charge >= 0.3 is 0 Å². The first-order valence-electron chi connectivity index (χ1n) is 8.42. The Balaban J connectivity index is 1.28. The third-order valence-electron chi connectivity index (χ3n) is 3.94. The number of nitrogens with zero attached hydrogens (tertiary/aromatic N) is 3. The lowest BCUT2D eigenvalue weighted by Crippen LogP contribution is -2.14. The Labute approximate surface area is 159 Å². The summed E-state index contributed by atoms with van der Waals surface area (Å²) < 4.78 is 5.72. The van der Waals surface area contributed by atoms with Gasteiger partial charge in [0.15, 0.2) is 0 Å². The van der Waals surface area contributed by atoms with E-state index in [1.165, 1.54) is 41.1 Å². The average Bonchev–Trinajstić information content (AvgIpc) is 3.22. The minimum Gasteiger partial charge on any atom is -0.486 e. The number of hydrogen-bond donors (Lipinski definition) is 1. The number of ether oxygens (including phenoxy) is 1. The molecule has 1 N–H and O–H groups in total. The molecule has 0 aliphatic heterocycles. The number of aryl methyl sites for hydroxylation is 1. The Morgan fingerprint density at radius 1 is 1.27 bits per heavy atom. The van der Waals surface area contributed by atoms with Crippen LogP contribution in [0.5, 0.6) is 5.75 Å². The van der Waals surface area contributed by atoms with Crippen LogP contribution in [0, 0.1) is 6.92 Å². The van der Waals surface area contributed by atoms with E-state index in [9.17, 15) is 4.79 Å². The molecule has 3 aromatic rings. The van der Waals surface area contributed by atoms with Gasteiger partial charge < -0.3 is 10.1 Å². The van der Waals surface area contributed by atoms with Crippen molar-refractivity contribution in [1.29, 1.82) is 0 Å². The molecule has 1 aliphatic rings. The summed E-state index contributed by atoms with van der Waals surface area (Å²) in [4.78, 5) is 16.6. The largest absolute Gasteiger partial charge is 0.486 e. The summed E-state index contributed by atoms with van der Waals surface area (Å²) >= 11 is 2.96. The van der Waals surface area contributed by atoms with Gasteiger partial charge in [-0.3, -0.25) is 4.79 Å². The fourth-order valence-electron chi connectivity index (χ4n) is 2.38. The van der Waals surface area contributed by atoms with Crippen molar-refractivity contribution in [3.63, 3.8) is 0 Å². The molecule has 26 heavy (non-hydrogen) atoms. The lowest BCUT2D eigenvalue weighted by atomic mass is 10.2. The molecule has 134 valence electrons. The van der Waals surface area contributed by atoms with Gasteiger partial charge in [-0.15, -0.1) is 21.5 Å². The molecule has 1 aromatic carbocycles. The maximum atomic E-state index is 12.2. The zero-order valence-electron chi connectivity index (χ0n) is 14.3. The van der Waals surface area contributed by atoms with Crippen LogP contribution in [0.15, 0.2) is 29.6 Å². The highest BCUT2D eigenvalue weighted by Crippen LogP contribution is 2.42. The van der Waals surface area contributed by atoms with Crippen LogP contribution in [0.1, 0.15) is 40.0 Å². The van der Waals surface area contributed by atoms with Gasteiger partial charge in [-0.1, -0.05) is 29.0 Å². The van der Waals surface area contributed by atoms with E-state index in [1.807, 2.05) is 36.6 Å². The molecular formula is C18H18N4O2S2. The fraction of sp³-hybridized carbons (Fsp3) is 0.333. The van der Waals surface area contributed by atoms with Crippen molar-refractivity contribution in [1.82, 2.24) is 15.2 Å². The first kappa shape index (κ1) is 17.1. The minimum atomic E-state index is -0.125. The third kappa shape index (κ3) is 4.44. The van der Waals surface area contributed by atoms with Gasteiger partial charge in [0.1, 0.15) is 22.4 Å². The van der Waals surface area contributed by atoms with Crippen molar-refractivity contribution in [2.24, 2.45) is 0 Å². The number of amides is 1. The molecule has 2 heterocycles. The number of carbonyl (C=O) groups is 1. The van der Waals surface area contributed by atoms with Gasteiger partial charge in [0.2, 0.25) is 11.0 Å². The molecule has 1 aliphatic carbocycles. The van der Waals surface area contributed by atoms with E-state index in [0.717, 1.165) is 21.5 Å². The maximum absolute atomic E-state index is 12.2. The van der Waals surface area contributed by atoms with Gasteiger partial charge in [0.25, 0.3) is 0 Å². The molecule has 0 atom stereocenters. The van der Waals surface area contributed by atoms with Crippen LogP contribution >= 0.6 is 22.7 Å². The highest BCUT2D eigenvalue weighted by molar-refractivity contribution is 7.15. The van der Waals surface area contributed by atoms with Crippen LogP contribution in [0.4, 0.5) is 5.13 Å². The molecule has 0 saturated heterocycles. The third-order valence-corrected chi connectivity index (χ3v) is 5.81. The molecule has 1 fully saturated rings. The van der Waals surface area contributed by atoms with E-state index in [0.29, 0.717) is 17.7 Å². The molecule has 1 saturated carbocycles. The number of nitrogens with one attached hydrogen (secondary N) is 1. The fourth-order valence-corrected chi connectivity index (χ4v) is 4.02. The molecule has 4 rings (SSSR count). The maximum Gasteiger partial charge on any atom is 0.232 e. The molecular weight excluding hydrogens is 368 g/mol. The second-order valence-electron chi connectivity index (χ2n) is 6.28. The molecule has 1 amide bonds. The lowest BCUT2D eigenvalue weighted by molar-refractivity contribution is -0.115. The van der Waals surface area contributed by atoms with Crippen molar-refractivity contribution in [3.8, 4) is 5.75 Å². The van der Waals surface area contributed by atoms with E-state index in [-0.39, 0.29) is 12.3 Å². The van der Waals surface area contributed by atoms with Crippen molar-refractivity contribution in [3.05, 3.63) is 50.9 Å². The van der Waals surface area contributed by atoms with E-state index in [2.05, 4.69) is 20.5 Å². The quantitative estimate of drug-likeness (QED) is 0.665. The molecule has 0 unspecified atom stereocenters. The second-order valence-corrected chi connectivity index (χ2v) is 8.23. The molecule has 2 aromatic heterocycles. The molecule has 0 spiro atoms. The van der Waals surface area contributed by atoms with Crippen LogP contribution < -0.4 is 10.1 Å². The number of hydrogen-bond acceptors (Lipinski definition) is 7. The van der Waals surface area contributed by atoms with Crippen molar-refractivity contribution in [2.45, 2.75) is 38.7 Å². The van der Waals surface area contributed by atoms with E-state index in [1.54, 1.807) is 0 Å². The smallest absolute Gasteiger partial charge is 0.232 e. The number of rotatable bonds is 7. The summed E-state index contributed by atoms with van der Waals surface area (Å²) in [6.45, 7) is 2.44. The van der Waals surface area contributed by atoms with E-state index >= 15 is 0 Å². The van der Waals surface area contributed by atoms with E-state index < -0.39 is 0 Å². The van der Waals surface area contributed by atoms with Gasteiger partial charge in [-0.2, -0.15) is 0 Å². The van der Waals surface area contributed by atoms with Crippen LogP contribution in [-0.2, 0) is 17.8 Å². The first-order valence-corrected chi connectivity index (χ1v) is 10.1. The molecule has 0 radical (unpaired) electrons. The summed E-state index contributed by atoms with van der Waals surface area (Å²) in [5.41, 5.74) is 1.93.